The van der Waals surface area contributed by atoms with Crippen LogP contribution in [-0.4, -0.2) is 19.4 Å². The van der Waals surface area contributed by atoms with E-state index in [0.29, 0.717) is 5.56 Å². The number of nitrogens with two attached hydrogens (primary N) is 1. The van der Waals surface area contributed by atoms with E-state index in [-0.39, 0.29) is 17.7 Å². The summed E-state index contributed by atoms with van der Waals surface area (Å²) in [6.45, 7) is -0.0522. The van der Waals surface area contributed by atoms with Gasteiger partial charge in [-0.25, -0.2) is 0 Å². The number of hydrogen-bond donors (Lipinski definition) is 1. The van der Waals surface area contributed by atoms with Crippen LogP contribution in [0.4, 0.5) is 13.2 Å². The maximum atomic E-state index is 12.3. The summed E-state index contributed by atoms with van der Waals surface area (Å²) < 4.78 is 45.2. The number of halogens is 3. The van der Waals surface area contributed by atoms with Crippen molar-refractivity contribution < 1.29 is 27.4 Å². The summed E-state index contributed by atoms with van der Waals surface area (Å²) in [7, 11) is 1.11. The fourth-order valence-corrected chi connectivity index (χ4v) is 1.53. The summed E-state index contributed by atoms with van der Waals surface area (Å²) in [5.74, 6) is -1.35. The molecule has 1 rings (SSSR count). The third-order valence-corrected chi connectivity index (χ3v) is 2.41. The molecule has 0 aliphatic heterocycles. The Morgan fingerprint density at radius 2 is 2.05 bits per heavy atom. The second-order valence-corrected chi connectivity index (χ2v) is 3.73. The molecule has 0 radical (unpaired) electrons. The second kappa shape index (κ2) is 6.25. The molecule has 0 amide bonds. The Bertz CT molecular complexity index is 550. The summed E-state index contributed by atoms with van der Waals surface area (Å²) in [6, 6.07) is 3.87. The number of alkyl halides is 3. The van der Waals surface area contributed by atoms with E-state index in [0.717, 1.165) is 13.2 Å². The van der Waals surface area contributed by atoms with Crippen molar-refractivity contribution in [2.45, 2.75) is 19.3 Å². The van der Waals surface area contributed by atoms with Crippen LogP contribution in [0.1, 0.15) is 16.7 Å². The molecule has 0 heterocycles. The fourth-order valence-electron chi connectivity index (χ4n) is 1.53. The van der Waals surface area contributed by atoms with Crippen LogP contribution in [0.25, 0.3) is 0 Å². The van der Waals surface area contributed by atoms with Gasteiger partial charge in [0.15, 0.2) is 0 Å². The number of methoxy groups -OCH3 is 1. The number of ether oxygens (including phenoxy) is 2. The van der Waals surface area contributed by atoms with Crippen LogP contribution >= 0.6 is 0 Å². The van der Waals surface area contributed by atoms with Crippen molar-refractivity contribution in [2.75, 3.05) is 7.11 Å². The first kappa shape index (κ1) is 15.8. The van der Waals surface area contributed by atoms with Gasteiger partial charge in [-0.05, 0) is 17.7 Å². The van der Waals surface area contributed by atoms with E-state index in [1.807, 2.05) is 0 Å². The van der Waals surface area contributed by atoms with Gasteiger partial charge in [0.1, 0.15) is 5.75 Å². The van der Waals surface area contributed by atoms with E-state index < -0.39 is 24.5 Å². The Morgan fingerprint density at radius 3 is 2.50 bits per heavy atom. The molecular weight excluding hydrogens is 277 g/mol. The van der Waals surface area contributed by atoms with Gasteiger partial charge in [0.2, 0.25) is 0 Å². The van der Waals surface area contributed by atoms with Gasteiger partial charge in [0, 0.05) is 12.1 Å². The predicted molar refractivity (Wildman–Crippen MR) is 61.5 cm³/mol. The van der Waals surface area contributed by atoms with Gasteiger partial charge in [-0.2, -0.15) is 5.26 Å². The third kappa shape index (κ3) is 4.13. The number of hydrogen-bond acceptors (Lipinski definition) is 5. The average Bonchev–Trinajstić information content (AvgIpc) is 2.38. The molecule has 0 spiro atoms. The topological polar surface area (TPSA) is 85.3 Å². The molecule has 2 N–H and O–H groups in total. The molecule has 20 heavy (non-hydrogen) atoms. The van der Waals surface area contributed by atoms with Gasteiger partial charge in [0.25, 0.3) is 0 Å². The second-order valence-electron chi connectivity index (χ2n) is 3.73. The minimum Gasteiger partial charge on any atom is -0.469 e. The van der Waals surface area contributed by atoms with Crippen LogP contribution in [0.3, 0.4) is 0 Å². The summed E-state index contributed by atoms with van der Waals surface area (Å²) in [6.07, 6.45) is -5.34. The molecule has 0 bridgehead atoms. The smallest absolute Gasteiger partial charge is 0.469 e. The van der Waals surface area contributed by atoms with Gasteiger partial charge in [-0.15, -0.1) is 13.2 Å². The molecule has 108 valence electrons. The van der Waals surface area contributed by atoms with Crippen LogP contribution in [0.2, 0.25) is 0 Å². The zero-order valence-corrected chi connectivity index (χ0v) is 10.5. The fraction of sp³-hybridized carbons (Fsp3) is 0.333. The average molecular weight is 288 g/mol. The highest BCUT2D eigenvalue weighted by molar-refractivity contribution is 5.74. The van der Waals surface area contributed by atoms with Crippen molar-refractivity contribution >= 4 is 5.97 Å². The Balaban J connectivity index is 3.29. The number of nitrogens with zero attached hydrogens (tertiary/aromatic N) is 1. The number of rotatable bonds is 4. The lowest BCUT2D eigenvalue weighted by atomic mass is 10.0. The molecule has 0 aliphatic carbocycles. The molecule has 0 aromatic heterocycles. The van der Waals surface area contributed by atoms with Gasteiger partial charge in [0.05, 0.1) is 25.2 Å². The summed E-state index contributed by atoms with van der Waals surface area (Å²) in [4.78, 5) is 11.2. The van der Waals surface area contributed by atoms with E-state index in [9.17, 15) is 18.0 Å². The Labute approximate surface area is 112 Å². The largest absolute Gasteiger partial charge is 0.573 e. The molecule has 0 unspecified atom stereocenters. The molecule has 1 aromatic rings. The molecular formula is C12H11F3N2O3. The first-order valence-electron chi connectivity index (χ1n) is 5.39. The summed E-state index contributed by atoms with van der Waals surface area (Å²) >= 11 is 0. The number of nitriles is 1. The van der Waals surface area contributed by atoms with Gasteiger partial charge in [-0.1, -0.05) is 0 Å². The van der Waals surface area contributed by atoms with Crippen LogP contribution in [0, 0.1) is 11.3 Å². The van der Waals surface area contributed by atoms with Gasteiger partial charge >= 0.3 is 12.3 Å². The lowest BCUT2D eigenvalue weighted by Gasteiger charge is -2.15. The van der Waals surface area contributed by atoms with Crippen molar-refractivity contribution in [3.05, 3.63) is 28.8 Å². The van der Waals surface area contributed by atoms with Crippen LogP contribution in [0.15, 0.2) is 12.1 Å². The van der Waals surface area contributed by atoms with Gasteiger partial charge in [-0.3, -0.25) is 4.79 Å². The minimum absolute atomic E-state index is 0.0413. The highest BCUT2D eigenvalue weighted by atomic mass is 19.4. The molecule has 0 aliphatic rings. The van der Waals surface area contributed by atoms with E-state index in [1.165, 1.54) is 6.07 Å². The zero-order valence-electron chi connectivity index (χ0n) is 10.5. The third-order valence-electron chi connectivity index (χ3n) is 2.41. The molecule has 1 aromatic carbocycles. The molecule has 0 atom stereocenters. The molecule has 5 nitrogen and oxygen atoms in total. The number of carbonyl (C=O) groups excluding carboxylic acids is 1. The van der Waals surface area contributed by atoms with E-state index in [1.54, 1.807) is 6.07 Å². The van der Waals surface area contributed by atoms with Crippen molar-refractivity contribution in [3.8, 4) is 11.8 Å². The SMILES string of the molecule is COC(=O)Cc1cc(CN)c(C#N)cc1OC(F)(F)F. The molecule has 0 saturated heterocycles. The van der Waals surface area contributed by atoms with E-state index >= 15 is 0 Å². The predicted octanol–water partition coefficient (Wildman–Crippen LogP) is 1.63. The highest BCUT2D eigenvalue weighted by Gasteiger charge is 2.32. The highest BCUT2D eigenvalue weighted by Crippen LogP contribution is 2.29. The first-order valence-corrected chi connectivity index (χ1v) is 5.39. The van der Waals surface area contributed by atoms with Crippen LogP contribution < -0.4 is 10.5 Å². The summed E-state index contributed by atoms with van der Waals surface area (Å²) in [5.41, 5.74) is 5.64. The van der Waals surface area contributed by atoms with Crippen molar-refractivity contribution in [1.29, 1.82) is 5.26 Å². The normalized spacial score (nSPS) is 10.8. The lowest BCUT2D eigenvalue weighted by Crippen LogP contribution is -2.19. The Hall–Kier alpha value is -2.27. The molecule has 0 saturated carbocycles. The van der Waals surface area contributed by atoms with Crippen LogP contribution in [0.5, 0.6) is 5.75 Å². The molecule has 0 fully saturated rings. The summed E-state index contributed by atoms with van der Waals surface area (Å²) in [5, 5.41) is 8.86. The zero-order chi connectivity index (χ0) is 15.3. The van der Waals surface area contributed by atoms with E-state index in [2.05, 4.69) is 9.47 Å². The molecule has 8 heteroatoms. The van der Waals surface area contributed by atoms with Crippen molar-refractivity contribution in [1.82, 2.24) is 0 Å². The maximum Gasteiger partial charge on any atom is 0.573 e. The first-order chi connectivity index (χ1) is 9.30. The minimum atomic E-state index is -4.93. The van der Waals surface area contributed by atoms with Crippen LogP contribution in [-0.2, 0) is 22.5 Å². The number of esters is 1. The monoisotopic (exact) mass is 288 g/mol. The van der Waals surface area contributed by atoms with E-state index in [4.69, 9.17) is 11.0 Å². The van der Waals surface area contributed by atoms with Crippen molar-refractivity contribution in [3.63, 3.8) is 0 Å². The number of carbonyl (C=O) groups is 1. The quantitative estimate of drug-likeness (QED) is 0.851. The van der Waals surface area contributed by atoms with Crippen molar-refractivity contribution in [2.24, 2.45) is 5.73 Å². The lowest BCUT2D eigenvalue weighted by molar-refractivity contribution is -0.274. The van der Waals surface area contributed by atoms with Gasteiger partial charge < -0.3 is 15.2 Å². The standard InChI is InChI=1S/C12H11F3N2O3/c1-19-11(18)4-7-2-8(5-16)9(6-17)3-10(7)20-12(13,14)15/h2-3H,4-5,16H2,1H3. The maximum absolute atomic E-state index is 12.3. The Morgan fingerprint density at radius 1 is 1.40 bits per heavy atom. The number of benzene rings is 1. The Kier molecular flexibility index (Phi) is 4.94.